The van der Waals surface area contributed by atoms with Gasteiger partial charge >= 0.3 is 0 Å². The minimum Gasteiger partial charge on any atom is -0.497 e. The summed E-state index contributed by atoms with van der Waals surface area (Å²) < 4.78 is 5.19. The zero-order valence-corrected chi connectivity index (χ0v) is 12.4. The van der Waals surface area contributed by atoms with Crippen LogP contribution in [0.4, 0.5) is 0 Å². The SMILES string of the molecule is COc1cccc(C(=O)C(O)(C2(C)CC2)C2(C)CC2)c1. The van der Waals surface area contributed by atoms with E-state index in [1.165, 1.54) is 0 Å². The standard InChI is InChI=1S/C17H22O3/c1-15(7-8-15)17(19,16(2)9-10-16)14(18)12-5-4-6-13(11-12)20-3/h4-6,11,19H,7-10H2,1-3H3. The predicted molar refractivity (Wildman–Crippen MR) is 77.0 cm³/mol. The highest BCUT2D eigenvalue weighted by molar-refractivity contribution is 6.04. The number of ketones is 1. The van der Waals surface area contributed by atoms with Crippen molar-refractivity contribution >= 4 is 5.78 Å². The van der Waals surface area contributed by atoms with E-state index in [1.807, 2.05) is 19.9 Å². The van der Waals surface area contributed by atoms with Crippen LogP contribution in [-0.4, -0.2) is 23.6 Å². The first kappa shape index (κ1) is 13.6. The molecule has 2 fully saturated rings. The number of benzene rings is 1. The van der Waals surface area contributed by atoms with Crippen molar-refractivity contribution in [1.82, 2.24) is 0 Å². The van der Waals surface area contributed by atoms with E-state index in [1.54, 1.807) is 25.3 Å². The fourth-order valence-corrected chi connectivity index (χ4v) is 3.35. The Hall–Kier alpha value is -1.35. The summed E-state index contributed by atoms with van der Waals surface area (Å²) in [6, 6.07) is 7.11. The largest absolute Gasteiger partial charge is 0.497 e. The molecule has 0 amide bonds. The maximum atomic E-state index is 13.0. The van der Waals surface area contributed by atoms with E-state index < -0.39 is 5.60 Å². The molecule has 0 heterocycles. The van der Waals surface area contributed by atoms with E-state index in [-0.39, 0.29) is 16.6 Å². The van der Waals surface area contributed by atoms with Crippen LogP contribution in [0.25, 0.3) is 0 Å². The Kier molecular flexibility index (Phi) is 2.78. The summed E-state index contributed by atoms with van der Waals surface area (Å²) in [5, 5.41) is 11.3. The number of hydrogen-bond acceptors (Lipinski definition) is 3. The average molecular weight is 274 g/mol. The summed E-state index contributed by atoms with van der Waals surface area (Å²) in [4.78, 5) is 13.0. The molecular formula is C17H22O3. The molecule has 0 radical (unpaired) electrons. The second kappa shape index (κ2) is 4.08. The molecule has 0 bridgehead atoms. The maximum absolute atomic E-state index is 13.0. The lowest BCUT2D eigenvalue weighted by Gasteiger charge is -2.39. The molecule has 2 saturated carbocycles. The lowest BCUT2D eigenvalue weighted by molar-refractivity contribution is -0.0531. The van der Waals surface area contributed by atoms with Gasteiger partial charge in [-0.3, -0.25) is 4.79 Å². The minimum atomic E-state index is -1.24. The molecule has 0 spiro atoms. The Balaban J connectivity index is 2.02. The molecule has 20 heavy (non-hydrogen) atoms. The van der Waals surface area contributed by atoms with Gasteiger partial charge in [-0.1, -0.05) is 26.0 Å². The molecular weight excluding hydrogens is 252 g/mol. The Morgan fingerprint density at radius 2 is 1.75 bits per heavy atom. The van der Waals surface area contributed by atoms with E-state index in [2.05, 4.69) is 0 Å². The number of Topliss-reactive ketones (excluding diaryl/α,β-unsaturated/α-hetero) is 1. The third kappa shape index (κ3) is 1.72. The zero-order chi connectivity index (χ0) is 14.6. The molecule has 3 rings (SSSR count). The lowest BCUT2D eigenvalue weighted by atomic mass is 9.69. The first-order valence-corrected chi connectivity index (χ1v) is 7.28. The van der Waals surface area contributed by atoms with Crippen LogP contribution in [-0.2, 0) is 0 Å². The molecule has 3 heteroatoms. The third-order valence-electron chi connectivity index (χ3n) is 5.41. The highest BCUT2D eigenvalue weighted by Gasteiger charge is 2.70. The summed E-state index contributed by atoms with van der Waals surface area (Å²) in [7, 11) is 1.58. The summed E-state index contributed by atoms with van der Waals surface area (Å²) in [6.07, 6.45) is 3.70. The second-order valence-corrected chi connectivity index (χ2v) is 6.89. The van der Waals surface area contributed by atoms with Gasteiger partial charge in [0.1, 0.15) is 11.4 Å². The number of aliphatic hydroxyl groups is 1. The molecule has 1 aromatic carbocycles. The van der Waals surface area contributed by atoms with Crippen molar-refractivity contribution in [2.75, 3.05) is 7.11 Å². The Bertz CT molecular complexity index is 535. The van der Waals surface area contributed by atoms with Crippen LogP contribution in [0, 0.1) is 10.8 Å². The van der Waals surface area contributed by atoms with Gasteiger partial charge in [-0.25, -0.2) is 0 Å². The average Bonchev–Trinajstić information content (AvgIpc) is 3.37. The molecule has 3 nitrogen and oxygen atoms in total. The van der Waals surface area contributed by atoms with Crippen molar-refractivity contribution in [3.05, 3.63) is 29.8 Å². The summed E-state index contributed by atoms with van der Waals surface area (Å²) >= 11 is 0. The number of carbonyl (C=O) groups is 1. The third-order valence-corrected chi connectivity index (χ3v) is 5.41. The van der Waals surface area contributed by atoms with Gasteiger partial charge in [0, 0.05) is 16.4 Å². The molecule has 108 valence electrons. The summed E-state index contributed by atoms with van der Waals surface area (Å²) in [5.41, 5.74) is -1.23. The Labute approximate surface area is 120 Å². The van der Waals surface area contributed by atoms with Crippen molar-refractivity contribution in [3.8, 4) is 5.75 Å². The van der Waals surface area contributed by atoms with E-state index in [0.29, 0.717) is 11.3 Å². The maximum Gasteiger partial charge on any atom is 0.195 e. The van der Waals surface area contributed by atoms with Gasteiger partial charge in [0.2, 0.25) is 0 Å². The first-order valence-electron chi connectivity index (χ1n) is 7.28. The minimum absolute atomic E-state index is 0.142. The molecule has 1 N–H and O–H groups in total. The number of hydrogen-bond donors (Lipinski definition) is 1. The normalized spacial score (nSPS) is 22.2. The molecule has 2 aliphatic rings. The Morgan fingerprint density at radius 3 is 2.20 bits per heavy atom. The summed E-state index contributed by atoms with van der Waals surface area (Å²) in [6.45, 7) is 4.07. The fourth-order valence-electron chi connectivity index (χ4n) is 3.35. The van der Waals surface area contributed by atoms with E-state index in [9.17, 15) is 9.90 Å². The van der Waals surface area contributed by atoms with Gasteiger partial charge in [-0.15, -0.1) is 0 Å². The lowest BCUT2D eigenvalue weighted by Crippen LogP contribution is -2.53. The quantitative estimate of drug-likeness (QED) is 0.839. The van der Waals surface area contributed by atoms with Gasteiger partial charge in [-0.2, -0.15) is 0 Å². The van der Waals surface area contributed by atoms with Crippen LogP contribution in [0.3, 0.4) is 0 Å². The molecule has 1 aromatic rings. The smallest absolute Gasteiger partial charge is 0.195 e. The van der Waals surface area contributed by atoms with Crippen LogP contribution in [0.5, 0.6) is 5.75 Å². The monoisotopic (exact) mass is 274 g/mol. The van der Waals surface area contributed by atoms with Crippen LogP contribution in [0.15, 0.2) is 24.3 Å². The molecule has 2 aliphatic carbocycles. The number of ether oxygens (including phenoxy) is 1. The van der Waals surface area contributed by atoms with E-state index >= 15 is 0 Å². The number of methoxy groups -OCH3 is 1. The van der Waals surface area contributed by atoms with Gasteiger partial charge in [0.05, 0.1) is 7.11 Å². The van der Waals surface area contributed by atoms with Crippen LogP contribution in [0.1, 0.15) is 49.9 Å². The molecule has 0 saturated heterocycles. The second-order valence-electron chi connectivity index (χ2n) is 6.89. The van der Waals surface area contributed by atoms with Crippen molar-refractivity contribution in [2.24, 2.45) is 10.8 Å². The van der Waals surface area contributed by atoms with Gasteiger partial charge < -0.3 is 9.84 Å². The van der Waals surface area contributed by atoms with Gasteiger partial charge in [0.25, 0.3) is 0 Å². The highest BCUT2D eigenvalue weighted by atomic mass is 16.5. The van der Waals surface area contributed by atoms with Crippen molar-refractivity contribution in [1.29, 1.82) is 0 Å². The summed E-state index contributed by atoms with van der Waals surface area (Å²) in [5.74, 6) is 0.511. The van der Waals surface area contributed by atoms with Gasteiger partial charge in [0.15, 0.2) is 5.78 Å². The topological polar surface area (TPSA) is 46.5 Å². The predicted octanol–water partition coefficient (Wildman–Crippen LogP) is 3.21. The van der Waals surface area contributed by atoms with Crippen molar-refractivity contribution in [2.45, 2.75) is 45.1 Å². The molecule has 0 aliphatic heterocycles. The van der Waals surface area contributed by atoms with Crippen LogP contribution in [0.2, 0.25) is 0 Å². The fraction of sp³-hybridized carbons (Fsp3) is 0.588. The number of rotatable bonds is 5. The Morgan fingerprint density at radius 1 is 1.20 bits per heavy atom. The van der Waals surface area contributed by atoms with Crippen LogP contribution < -0.4 is 4.74 Å². The molecule has 0 unspecified atom stereocenters. The first-order chi connectivity index (χ1) is 9.36. The highest BCUT2D eigenvalue weighted by Crippen LogP contribution is 2.68. The zero-order valence-electron chi connectivity index (χ0n) is 12.4. The number of carbonyl (C=O) groups excluding carboxylic acids is 1. The van der Waals surface area contributed by atoms with Crippen molar-refractivity contribution < 1.29 is 14.6 Å². The molecule has 0 aromatic heterocycles. The van der Waals surface area contributed by atoms with Crippen molar-refractivity contribution in [3.63, 3.8) is 0 Å². The van der Waals surface area contributed by atoms with E-state index in [0.717, 1.165) is 25.7 Å². The molecule has 0 atom stereocenters. The van der Waals surface area contributed by atoms with Crippen LogP contribution >= 0.6 is 0 Å². The van der Waals surface area contributed by atoms with E-state index in [4.69, 9.17) is 4.74 Å². The van der Waals surface area contributed by atoms with Gasteiger partial charge in [-0.05, 0) is 37.8 Å².